The first-order valence-electron chi connectivity index (χ1n) is 20.4. The molecule has 280 valence electrons. The molecule has 0 fully saturated rings. The number of ether oxygens (including phenoxy) is 1. The molecule has 3 heterocycles. The molecule has 1 aliphatic heterocycles. The largest absolute Gasteiger partial charge is 0.485 e. The highest BCUT2D eigenvalue weighted by Crippen LogP contribution is 2.46. The lowest BCUT2D eigenvalue weighted by Gasteiger charge is -2.27. The van der Waals surface area contributed by atoms with Gasteiger partial charge in [-0.25, -0.2) is 4.99 Å². The van der Waals surface area contributed by atoms with Crippen LogP contribution in [0, 0.1) is 5.92 Å². The number of fused-ring (bicyclic) bond motifs is 9. The smallest absolute Gasteiger partial charge is 0.155 e. The highest BCUT2D eigenvalue weighted by molar-refractivity contribution is 6.22. The van der Waals surface area contributed by atoms with Gasteiger partial charge in [-0.3, -0.25) is 4.99 Å². The molecule has 0 amide bonds. The molecule has 3 unspecified atom stereocenters. The van der Waals surface area contributed by atoms with E-state index in [0.29, 0.717) is 0 Å². The number of aromatic nitrogens is 2. The number of rotatable bonds is 6. The number of aliphatic imine (C=N–C) groups is 2. The van der Waals surface area contributed by atoms with Gasteiger partial charge in [-0.15, -0.1) is 0 Å². The first-order chi connectivity index (χ1) is 29.3. The van der Waals surface area contributed by atoms with Crippen molar-refractivity contribution in [1.29, 1.82) is 0 Å². The minimum atomic E-state index is -0.148. The molecule has 59 heavy (non-hydrogen) atoms. The lowest BCUT2D eigenvalue weighted by Crippen LogP contribution is -2.31. The summed E-state index contributed by atoms with van der Waals surface area (Å²) in [6.07, 6.45) is 13.8. The highest BCUT2D eigenvalue weighted by atomic mass is 16.5. The Morgan fingerprint density at radius 1 is 0.593 bits per heavy atom. The standard InChI is InChI=1S/C54H38N4O/c1-3-17-36(18-4-1)52-41-25-9-11-27-44(41)55-54(56-52)37-20-13-21-38(34-37)57-46-28-12-10-26-42(46)51-48(57)33-32-43-50-47(30-15-31-49(50)59-39-22-5-2-6-23-39)58(53(43)51)45-29-14-19-35-16-7-8-24-40(35)45/h1-30,32-34,41,44,49H,31H2. The van der Waals surface area contributed by atoms with Gasteiger partial charge >= 0.3 is 0 Å². The minimum Gasteiger partial charge on any atom is -0.485 e. The van der Waals surface area contributed by atoms with Crippen molar-refractivity contribution in [3.8, 4) is 17.1 Å². The Balaban J connectivity index is 1.10. The first kappa shape index (κ1) is 33.6. The van der Waals surface area contributed by atoms with Crippen molar-refractivity contribution < 1.29 is 4.74 Å². The second-order valence-electron chi connectivity index (χ2n) is 15.6. The van der Waals surface area contributed by atoms with Gasteiger partial charge in [0, 0.05) is 50.7 Å². The molecule has 0 bridgehead atoms. The molecule has 7 aromatic carbocycles. The predicted molar refractivity (Wildman–Crippen MR) is 244 cm³/mol. The van der Waals surface area contributed by atoms with Crippen molar-refractivity contribution >= 4 is 61.1 Å². The van der Waals surface area contributed by atoms with Crippen molar-refractivity contribution in [3.05, 3.63) is 217 Å². The zero-order valence-corrected chi connectivity index (χ0v) is 32.2. The predicted octanol–water partition coefficient (Wildman–Crippen LogP) is 12.8. The zero-order chi connectivity index (χ0) is 38.9. The van der Waals surface area contributed by atoms with Crippen molar-refractivity contribution in [3.63, 3.8) is 0 Å². The maximum absolute atomic E-state index is 6.84. The van der Waals surface area contributed by atoms with Crippen LogP contribution in [0.5, 0.6) is 5.75 Å². The van der Waals surface area contributed by atoms with Gasteiger partial charge in [0.15, 0.2) is 5.84 Å². The number of allylic oxidation sites excluding steroid dienone is 2. The van der Waals surface area contributed by atoms with E-state index in [2.05, 4.69) is 191 Å². The van der Waals surface area contributed by atoms with E-state index in [9.17, 15) is 0 Å². The molecular weight excluding hydrogens is 721 g/mol. The van der Waals surface area contributed by atoms with Gasteiger partial charge < -0.3 is 13.9 Å². The average Bonchev–Trinajstić information content (AvgIpc) is 3.82. The molecule has 0 radical (unpaired) electrons. The monoisotopic (exact) mass is 758 g/mol. The van der Waals surface area contributed by atoms with Gasteiger partial charge in [-0.1, -0.05) is 152 Å². The van der Waals surface area contributed by atoms with Crippen molar-refractivity contribution in [2.75, 3.05) is 0 Å². The van der Waals surface area contributed by atoms with E-state index >= 15 is 0 Å². The molecule has 3 aliphatic rings. The summed E-state index contributed by atoms with van der Waals surface area (Å²) in [7, 11) is 0. The van der Waals surface area contributed by atoms with E-state index in [-0.39, 0.29) is 18.1 Å². The Labute approximate surface area is 341 Å². The van der Waals surface area contributed by atoms with Crippen molar-refractivity contribution in [1.82, 2.24) is 9.13 Å². The minimum absolute atomic E-state index is 0.00971. The molecule has 0 N–H and O–H groups in total. The van der Waals surface area contributed by atoms with Crippen LogP contribution < -0.4 is 4.74 Å². The highest BCUT2D eigenvalue weighted by Gasteiger charge is 2.32. The van der Waals surface area contributed by atoms with Gasteiger partial charge in [-0.2, -0.15) is 0 Å². The lowest BCUT2D eigenvalue weighted by molar-refractivity contribution is 0.209. The van der Waals surface area contributed by atoms with E-state index in [0.717, 1.165) is 62.9 Å². The van der Waals surface area contributed by atoms with Crippen LogP contribution in [0.2, 0.25) is 0 Å². The van der Waals surface area contributed by atoms with Crippen LogP contribution in [0.4, 0.5) is 0 Å². The average molecular weight is 759 g/mol. The Bertz CT molecular complexity index is 3280. The zero-order valence-electron chi connectivity index (χ0n) is 32.2. The SMILES string of the molecule is C1=CC2N=C(c3cccc(-n4c5ccccc5c5c6c(ccc54)c4c(n6-c5cccc6ccccc56)C=CCC4Oc4ccccc4)c3)N=C(c3ccccc3)C2C=C1. The first-order valence-corrected chi connectivity index (χ1v) is 20.4. The Morgan fingerprint density at radius 2 is 1.34 bits per heavy atom. The van der Waals surface area contributed by atoms with E-state index in [1.165, 1.54) is 38.0 Å². The summed E-state index contributed by atoms with van der Waals surface area (Å²) < 4.78 is 11.8. The number of hydrogen-bond donors (Lipinski definition) is 0. The Kier molecular flexibility index (Phi) is 7.73. The quantitative estimate of drug-likeness (QED) is 0.167. The van der Waals surface area contributed by atoms with Crippen LogP contribution in [0.25, 0.3) is 60.9 Å². The number of para-hydroxylation sites is 2. The molecular formula is C54H38N4O. The van der Waals surface area contributed by atoms with Crippen LogP contribution in [0.15, 0.2) is 204 Å². The molecule has 0 spiro atoms. The number of amidine groups is 1. The summed E-state index contributed by atoms with van der Waals surface area (Å²) >= 11 is 0. The van der Waals surface area contributed by atoms with Crippen LogP contribution in [0.1, 0.15) is 34.9 Å². The maximum Gasteiger partial charge on any atom is 0.155 e. The normalized spacial score (nSPS) is 18.3. The van der Waals surface area contributed by atoms with Gasteiger partial charge in [-0.05, 0) is 59.5 Å². The van der Waals surface area contributed by atoms with E-state index in [1.54, 1.807) is 0 Å². The second kappa shape index (κ2) is 13.6. The van der Waals surface area contributed by atoms with Gasteiger partial charge in [0.05, 0.1) is 39.7 Å². The van der Waals surface area contributed by atoms with E-state index in [4.69, 9.17) is 14.7 Å². The van der Waals surface area contributed by atoms with E-state index < -0.39 is 0 Å². The molecule has 5 heteroatoms. The fourth-order valence-corrected chi connectivity index (χ4v) is 9.62. The third-order valence-corrected chi connectivity index (χ3v) is 12.2. The maximum atomic E-state index is 6.84. The number of nitrogens with zero attached hydrogens (tertiary/aromatic N) is 4. The van der Waals surface area contributed by atoms with Crippen LogP contribution in [-0.4, -0.2) is 26.7 Å². The Hall–Kier alpha value is -7.50. The van der Waals surface area contributed by atoms with Crippen LogP contribution in [0.3, 0.4) is 0 Å². The third kappa shape index (κ3) is 5.39. The topological polar surface area (TPSA) is 43.8 Å². The summed E-state index contributed by atoms with van der Waals surface area (Å²) in [4.78, 5) is 10.5. The van der Waals surface area contributed by atoms with Crippen molar-refractivity contribution in [2.24, 2.45) is 15.9 Å². The fraction of sp³-hybridized carbons (Fsp3) is 0.0741. The lowest BCUT2D eigenvalue weighted by atomic mass is 9.86. The van der Waals surface area contributed by atoms with Gasteiger partial charge in [0.2, 0.25) is 0 Å². The number of benzene rings is 7. The van der Waals surface area contributed by atoms with E-state index in [1.807, 2.05) is 18.2 Å². The summed E-state index contributed by atoms with van der Waals surface area (Å²) in [6, 6.07) is 58.3. The molecule has 0 saturated heterocycles. The summed E-state index contributed by atoms with van der Waals surface area (Å²) in [5, 5.41) is 6.01. The third-order valence-electron chi connectivity index (χ3n) is 12.2. The molecule has 9 aromatic rings. The second-order valence-corrected chi connectivity index (χ2v) is 15.6. The summed E-state index contributed by atoms with van der Waals surface area (Å²) in [5.74, 6) is 1.73. The van der Waals surface area contributed by atoms with Gasteiger partial charge in [0.25, 0.3) is 0 Å². The molecule has 3 atom stereocenters. The molecule has 2 aliphatic carbocycles. The fourth-order valence-electron chi connectivity index (χ4n) is 9.62. The van der Waals surface area contributed by atoms with Crippen molar-refractivity contribution in [2.45, 2.75) is 18.6 Å². The molecule has 12 rings (SSSR count). The number of hydrogen-bond acceptors (Lipinski definition) is 3. The molecule has 0 saturated carbocycles. The summed E-state index contributed by atoms with van der Waals surface area (Å²) in [5.41, 5.74) is 11.2. The van der Waals surface area contributed by atoms with Crippen LogP contribution >= 0.6 is 0 Å². The summed E-state index contributed by atoms with van der Waals surface area (Å²) in [6.45, 7) is 0. The molecule has 2 aromatic heterocycles. The van der Waals surface area contributed by atoms with Crippen LogP contribution in [-0.2, 0) is 0 Å². The van der Waals surface area contributed by atoms with Gasteiger partial charge in [0.1, 0.15) is 11.9 Å². The Morgan fingerprint density at radius 3 is 2.24 bits per heavy atom. The molecule has 5 nitrogen and oxygen atoms in total.